The summed E-state index contributed by atoms with van der Waals surface area (Å²) in [6.07, 6.45) is 6.33. The maximum absolute atomic E-state index is 12.5. The molecule has 2 fully saturated rings. The highest BCUT2D eigenvalue weighted by molar-refractivity contribution is 5.94. The van der Waals surface area contributed by atoms with Gasteiger partial charge in [0.2, 0.25) is 0 Å². The van der Waals surface area contributed by atoms with Crippen molar-refractivity contribution in [2.45, 2.75) is 71.0 Å². The number of aryl methyl sites for hydroxylation is 1. The fourth-order valence-corrected chi connectivity index (χ4v) is 4.61. The summed E-state index contributed by atoms with van der Waals surface area (Å²) in [6.45, 7) is 7.98. The molecule has 2 heterocycles. The average Bonchev–Trinajstić information content (AvgIpc) is 2.47. The molecule has 0 radical (unpaired) electrons. The second-order valence-corrected chi connectivity index (χ2v) is 8.01. The Bertz CT molecular complexity index is 540. The van der Waals surface area contributed by atoms with Crippen LogP contribution in [0.3, 0.4) is 0 Å². The van der Waals surface area contributed by atoms with Gasteiger partial charge in [-0.25, -0.2) is 0 Å². The van der Waals surface area contributed by atoms with Gasteiger partial charge in [-0.05, 0) is 38.3 Å². The molecular formula is C20H31N2O+. The van der Waals surface area contributed by atoms with Gasteiger partial charge in [0.1, 0.15) is 0 Å². The predicted octanol–water partition coefficient (Wildman–Crippen LogP) is 2.35. The van der Waals surface area contributed by atoms with Crippen molar-refractivity contribution in [2.24, 2.45) is 5.92 Å². The van der Waals surface area contributed by atoms with E-state index in [0.717, 1.165) is 42.0 Å². The zero-order valence-electron chi connectivity index (χ0n) is 14.8. The first kappa shape index (κ1) is 16.5. The average molecular weight is 315 g/mol. The number of carbonyl (C=O) groups excluding carboxylic acids is 1. The minimum atomic E-state index is 0.101. The van der Waals surface area contributed by atoms with Crippen LogP contribution >= 0.6 is 0 Å². The van der Waals surface area contributed by atoms with Gasteiger partial charge < -0.3 is 10.2 Å². The second-order valence-electron chi connectivity index (χ2n) is 8.01. The minimum absolute atomic E-state index is 0.101. The Hall–Kier alpha value is -1.35. The van der Waals surface area contributed by atoms with Crippen LogP contribution in [-0.2, 0) is 0 Å². The molecule has 1 aromatic carbocycles. The first-order valence-electron chi connectivity index (χ1n) is 9.26. The van der Waals surface area contributed by atoms with E-state index in [1.54, 1.807) is 0 Å². The van der Waals surface area contributed by atoms with Gasteiger partial charge in [0, 0.05) is 30.4 Å². The van der Waals surface area contributed by atoms with Crippen LogP contribution in [0.15, 0.2) is 24.3 Å². The Kier molecular flexibility index (Phi) is 5.05. The number of hydrogen-bond donors (Lipinski definition) is 2. The molecule has 1 aromatic rings. The Balaban J connectivity index is 1.63. The number of piperidine rings is 2. The highest BCUT2D eigenvalue weighted by Gasteiger charge is 2.42. The summed E-state index contributed by atoms with van der Waals surface area (Å²) in [6, 6.07) is 9.75. The third-order valence-corrected chi connectivity index (χ3v) is 5.55. The number of quaternary nitrogens is 1. The number of hydrogen-bond acceptors (Lipinski definition) is 1. The van der Waals surface area contributed by atoms with Crippen molar-refractivity contribution in [1.29, 1.82) is 0 Å². The van der Waals surface area contributed by atoms with Crippen molar-refractivity contribution in [3.05, 3.63) is 35.4 Å². The van der Waals surface area contributed by atoms with Gasteiger partial charge in [-0.3, -0.25) is 4.79 Å². The molecule has 2 aliphatic rings. The van der Waals surface area contributed by atoms with Crippen LogP contribution in [0.2, 0.25) is 0 Å². The standard InChI is InChI=1S/C20H30N2O/c1-14(2)13-22-18-8-5-9-19(22)12-17(11-18)21-20(23)16-7-4-6-15(3)10-16/h4,6-7,10,14,17-19H,5,8-9,11-13H2,1-3H3,(H,21,23)/p+1/t17?,18-,19+. The third-order valence-electron chi connectivity index (χ3n) is 5.55. The molecule has 4 atom stereocenters. The number of benzene rings is 1. The van der Waals surface area contributed by atoms with Crippen molar-refractivity contribution in [1.82, 2.24) is 5.32 Å². The van der Waals surface area contributed by atoms with Crippen molar-refractivity contribution in [2.75, 3.05) is 6.54 Å². The molecule has 0 saturated carbocycles. The zero-order chi connectivity index (χ0) is 16.4. The van der Waals surface area contributed by atoms with Crippen molar-refractivity contribution >= 4 is 5.91 Å². The topological polar surface area (TPSA) is 33.5 Å². The van der Waals surface area contributed by atoms with Crippen LogP contribution in [-0.4, -0.2) is 30.6 Å². The molecule has 0 spiro atoms. The van der Waals surface area contributed by atoms with Crippen LogP contribution in [0.1, 0.15) is 61.9 Å². The molecule has 1 amide bonds. The summed E-state index contributed by atoms with van der Waals surface area (Å²) in [5.41, 5.74) is 1.94. The van der Waals surface area contributed by atoms with Crippen molar-refractivity contribution in [3.63, 3.8) is 0 Å². The smallest absolute Gasteiger partial charge is 0.251 e. The molecule has 2 aliphatic heterocycles. The summed E-state index contributed by atoms with van der Waals surface area (Å²) < 4.78 is 0. The van der Waals surface area contributed by atoms with Crippen molar-refractivity contribution in [3.8, 4) is 0 Å². The first-order valence-corrected chi connectivity index (χ1v) is 9.26. The Morgan fingerprint density at radius 3 is 2.57 bits per heavy atom. The van der Waals surface area contributed by atoms with Gasteiger partial charge in [0.15, 0.2) is 0 Å². The monoisotopic (exact) mass is 315 g/mol. The Labute approximate surface area is 140 Å². The molecule has 3 rings (SSSR count). The molecule has 2 unspecified atom stereocenters. The molecular weight excluding hydrogens is 284 g/mol. The molecule has 3 heteroatoms. The summed E-state index contributed by atoms with van der Waals surface area (Å²) >= 11 is 0. The van der Waals surface area contributed by atoms with E-state index >= 15 is 0 Å². The lowest BCUT2D eigenvalue weighted by Crippen LogP contribution is -3.21. The normalized spacial score (nSPS) is 30.3. The van der Waals surface area contributed by atoms with E-state index in [4.69, 9.17) is 0 Å². The molecule has 3 nitrogen and oxygen atoms in total. The van der Waals surface area contributed by atoms with E-state index in [9.17, 15) is 4.79 Å². The van der Waals surface area contributed by atoms with Crippen LogP contribution in [0.5, 0.6) is 0 Å². The van der Waals surface area contributed by atoms with E-state index < -0.39 is 0 Å². The predicted molar refractivity (Wildman–Crippen MR) is 93.8 cm³/mol. The maximum Gasteiger partial charge on any atom is 0.251 e. The largest absolute Gasteiger partial charge is 0.349 e. The molecule has 0 aliphatic carbocycles. The lowest BCUT2D eigenvalue weighted by atomic mass is 9.81. The number of fused-ring (bicyclic) bond motifs is 2. The number of amides is 1. The molecule has 0 aromatic heterocycles. The summed E-state index contributed by atoms with van der Waals surface area (Å²) in [5.74, 6) is 0.857. The van der Waals surface area contributed by atoms with E-state index in [2.05, 4.69) is 19.2 Å². The van der Waals surface area contributed by atoms with Crippen LogP contribution in [0, 0.1) is 12.8 Å². The quantitative estimate of drug-likeness (QED) is 0.878. The lowest BCUT2D eigenvalue weighted by Gasteiger charge is -2.46. The number of nitrogens with one attached hydrogen (secondary N) is 2. The van der Waals surface area contributed by atoms with E-state index in [0.29, 0.717) is 6.04 Å². The second kappa shape index (κ2) is 7.04. The van der Waals surface area contributed by atoms with Crippen LogP contribution < -0.4 is 10.2 Å². The fourth-order valence-electron chi connectivity index (χ4n) is 4.61. The van der Waals surface area contributed by atoms with Gasteiger partial charge in [0.05, 0.1) is 18.6 Å². The highest BCUT2D eigenvalue weighted by atomic mass is 16.1. The molecule has 126 valence electrons. The maximum atomic E-state index is 12.5. The first-order chi connectivity index (χ1) is 11.0. The van der Waals surface area contributed by atoms with E-state index in [-0.39, 0.29) is 5.91 Å². The van der Waals surface area contributed by atoms with Gasteiger partial charge in [-0.2, -0.15) is 0 Å². The lowest BCUT2D eigenvalue weighted by molar-refractivity contribution is -0.963. The number of carbonyl (C=O) groups is 1. The van der Waals surface area contributed by atoms with E-state index in [1.165, 1.54) is 25.8 Å². The van der Waals surface area contributed by atoms with Crippen LogP contribution in [0.4, 0.5) is 0 Å². The van der Waals surface area contributed by atoms with Gasteiger partial charge in [0.25, 0.3) is 5.91 Å². The zero-order valence-corrected chi connectivity index (χ0v) is 14.8. The Morgan fingerprint density at radius 1 is 1.26 bits per heavy atom. The molecule has 2 bridgehead atoms. The van der Waals surface area contributed by atoms with Crippen molar-refractivity contribution < 1.29 is 9.69 Å². The molecule has 23 heavy (non-hydrogen) atoms. The summed E-state index contributed by atoms with van der Waals surface area (Å²) in [5, 5.41) is 3.31. The number of rotatable bonds is 4. The molecule has 2 saturated heterocycles. The third kappa shape index (κ3) is 3.95. The van der Waals surface area contributed by atoms with Crippen LogP contribution in [0.25, 0.3) is 0 Å². The minimum Gasteiger partial charge on any atom is -0.349 e. The Morgan fingerprint density at radius 2 is 1.96 bits per heavy atom. The fraction of sp³-hybridized carbons (Fsp3) is 0.650. The van der Waals surface area contributed by atoms with Gasteiger partial charge >= 0.3 is 0 Å². The van der Waals surface area contributed by atoms with E-state index in [1.807, 2.05) is 36.1 Å². The SMILES string of the molecule is Cc1cccc(C(=O)NC2C[C@H]3CCC[C@@H](C2)[NH+]3CC(C)C)c1. The summed E-state index contributed by atoms with van der Waals surface area (Å²) in [4.78, 5) is 14.3. The highest BCUT2D eigenvalue weighted by Crippen LogP contribution is 2.23. The summed E-state index contributed by atoms with van der Waals surface area (Å²) in [7, 11) is 0. The molecule has 2 N–H and O–H groups in total. The van der Waals surface area contributed by atoms with Gasteiger partial charge in [-0.1, -0.05) is 31.5 Å². The van der Waals surface area contributed by atoms with Gasteiger partial charge in [-0.15, -0.1) is 0 Å².